The number of hydrogen-bond acceptors (Lipinski definition) is 13. The monoisotopic (exact) mass is 869 g/mol. The molecule has 0 saturated carbocycles. The Kier molecular flexibility index (Phi) is 15.5. The van der Waals surface area contributed by atoms with Crippen LogP contribution in [-0.4, -0.2) is 95.0 Å². The molecule has 3 aromatic carbocycles. The first-order valence-corrected chi connectivity index (χ1v) is 21.7. The Balaban J connectivity index is 1.50. The van der Waals surface area contributed by atoms with Crippen LogP contribution in [0.25, 0.3) is 11.2 Å². The normalized spacial score (nSPS) is 18.5. The Morgan fingerprint density at radius 3 is 2.05 bits per heavy atom. The lowest BCUT2D eigenvalue weighted by Gasteiger charge is -2.39. The summed E-state index contributed by atoms with van der Waals surface area (Å²) in [4.78, 5) is 37.7. The molecule has 0 aliphatic carbocycles. The number of aromatic nitrogens is 4. The molecule has 1 fully saturated rings. The summed E-state index contributed by atoms with van der Waals surface area (Å²) in [5, 5.41) is 12.1. The van der Waals surface area contributed by atoms with Crippen molar-refractivity contribution in [1.29, 1.82) is 5.26 Å². The first kappa shape index (κ1) is 46.3. The number of aromatic amines is 1. The van der Waals surface area contributed by atoms with Gasteiger partial charge in [-0.05, 0) is 68.7 Å². The third-order valence-corrected chi connectivity index (χ3v) is 12.7. The Morgan fingerprint density at radius 2 is 1.52 bits per heavy atom. The van der Waals surface area contributed by atoms with Gasteiger partial charge in [-0.2, -0.15) is 10.2 Å². The van der Waals surface area contributed by atoms with E-state index in [0.717, 1.165) is 16.7 Å². The van der Waals surface area contributed by atoms with E-state index in [1.165, 1.54) is 6.33 Å². The number of anilines is 1. The van der Waals surface area contributed by atoms with Crippen LogP contribution >= 0.6 is 8.53 Å². The predicted octanol–water partition coefficient (Wildman–Crippen LogP) is 7.31. The number of carbonyl (C=O) groups is 1. The highest BCUT2D eigenvalue weighted by Crippen LogP contribution is 2.51. The molecule has 5 atom stereocenters. The molecule has 1 aliphatic rings. The fraction of sp³-hybridized carbons (Fsp3) is 0.444. The van der Waals surface area contributed by atoms with Crippen LogP contribution < -0.4 is 20.3 Å². The molecule has 6 rings (SSSR count). The second-order valence-corrected chi connectivity index (χ2v) is 17.0. The van der Waals surface area contributed by atoms with Gasteiger partial charge in [0.25, 0.3) is 14.1 Å². The smallest absolute Gasteiger partial charge is 0.280 e. The molecule has 5 unspecified atom stereocenters. The number of nitriles is 1. The van der Waals surface area contributed by atoms with Crippen LogP contribution in [-0.2, 0) is 33.7 Å². The molecule has 3 heterocycles. The molecule has 1 amide bonds. The molecule has 62 heavy (non-hydrogen) atoms. The fourth-order valence-electron chi connectivity index (χ4n) is 7.56. The van der Waals surface area contributed by atoms with Gasteiger partial charge in [0.1, 0.15) is 35.4 Å². The van der Waals surface area contributed by atoms with Crippen molar-refractivity contribution in [1.82, 2.24) is 24.2 Å². The van der Waals surface area contributed by atoms with E-state index >= 15 is 0 Å². The number of H-pyrrole nitrogens is 1. The van der Waals surface area contributed by atoms with Gasteiger partial charge < -0.3 is 32.7 Å². The first-order chi connectivity index (χ1) is 29.9. The van der Waals surface area contributed by atoms with Crippen molar-refractivity contribution < 1.29 is 37.5 Å². The molecule has 2 aromatic heterocycles. The molecule has 2 N–H and O–H groups in total. The van der Waals surface area contributed by atoms with Gasteiger partial charge >= 0.3 is 0 Å². The SMILES string of the molecule is COc1ccc(C(OCC2OC(n3cnc4c(=O)[nH]c(NC(=O)C(C)C)nc43)C(OC)C2OP(OCCC#N)N(C(C)C)C(C)C)(c2ccccc2)c2ccc(OC)cc2)cc1. The van der Waals surface area contributed by atoms with Crippen molar-refractivity contribution in [3.63, 3.8) is 0 Å². The molecule has 330 valence electrons. The number of nitrogens with one attached hydrogen (secondary N) is 2. The van der Waals surface area contributed by atoms with E-state index in [0.29, 0.717) is 11.5 Å². The van der Waals surface area contributed by atoms with E-state index in [2.05, 4.69) is 58.7 Å². The Morgan fingerprint density at radius 1 is 0.919 bits per heavy atom. The lowest BCUT2D eigenvalue weighted by Crippen LogP contribution is -2.42. The van der Waals surface area contributed by atoms with Crippen molar-refractivity contribution in [3.8, 4) is 17.6 Å². The van der Waals surface area contributed by atoms with Crippen LogP contribution in [0.15, 0.2) is 90.0 Å². The second kappa shape index (κ2) is 20.8. The molecule has 0 bridgehead atoms. The number of methoxy groups -OCH3 is 3. The van der Waals surface area contributed by atoms with E-state index in [1.807, 2.05) is 78.9 Å². The van der Waals surface area contributed by atoms with Crippen LogP contribution in [0.2, 0.25) is 0 Å². The number of carbonyl (C=O) groups excluding carboxylic acids is 1. The summed E-state index contributed by atoms with van der Waals surface area (Å²) < 4.78 is 49.0. The Hall–Kier alpha value is -5.24. The first-order valence-electron chi connectivity index (χ1n) is 20.6. The third-order valence-electron chi connectivity index (χ3n) is 10.5. The molecule has 16 nitrogen and oxygen atoms in total. The molecule has 0 spiro atoms. The number of hydrogen-bond donors (Lipinski definition) is 2. The van der Waals surface area contributed by atoms with Gasteiger partial charge in [-0.1, -0.05) is 68.4 Å². The number of rotatable bonds is 20. The minimum atomic E-state index is -1.81. The zero-order chi connectivity index (χ0) is 44.6. The maximum absolute atomic E-state index is 13.3. The van der Waals surface area contributed by atoms with Crippen molar-refractivity contribution in [2.24, 2.45) is 5.92 Å². The Bertz CT molecular complexity index is 2280. The zero-order valence-corrected chi connectivity index (χ0v) is 37.5. The van der Waals surface area contributed by atoms with Gasteiger partial charge in [0.15, 0.2) is 17.4 Å². The van der Waals surface area contributed by atoms with Gasteiger partial charge in [0, 0.05) is 25.1 Å². The summed E-state index contributed by atoms with van der Waals surface area (Å²) in [5.41, 5.74) is 0.934. The average molecular weight is 870 g/mol. The van der Waals surface area contributed by atoms with E-state index in [1.54, 1.807) is 39.7 Å². The summed E-state index contributed by atoms with van der Waals surface area (Å²) in [5.74, 6) is 0.640. The highest BCUT2D eigenvalue weighted by atomic mass is 31.2. The van der Waals surface area contributed by atoms with Crippen LogP contribution in [0.1, 0.15) is 70.9 Å². The largest absolute Gasteiger partial charge is 0.497 e. The van der Waals surface area contributed by atoms with Gasteiger partial charge in [-0.25, -0.2) is 9.65 Å². The van der Waals surface area contributed by atoms with Gasteiger partial charge in [-0.15, -0.1) is 0 Å². The van der Waals surface area contributed by atoms with Crippen LogP contribution in [0.5, 0.6) is 11.5 Å². The maximum Gasteiger partial charge on any atom is 0.280 e. The third kappa shape index (κ3) is 9.85. The van der Waals surface area contributed by atoms with Crippen LogP contribution in [0, 0.1) is 17.2 Å². The quantitative estimate of drug-likeness (QED) is 0.0451. The molecular formula is C45H56N7O9P. The molecule has 1 aliphatic heterocycles. The van der Waals surface area contributed by atoms with Gasteiger partial charge in [-0.3, -0.25) is 24.5 Å². The van der Waals surface area contributed by atoms with Crippen molar-refractivity contribution in [2.75, 3.05) is 39.9 Å². The summed E-state index contributed by atoms with van der Waals surface area (Å²) in [6.07, 6.45) is -1.86. The van der Waals surface area contributed by atoms with Crippen LogP contribution in [0.3, 0.4) is 0 Å². The van der Waals surface area contributed by atoms with E-state index in [-0.39, 0.29) is 60.7 Å². The van der Waals surface area contributed by atoms with Crippen LogP contribution in [0.4, 0.5) is 5.95 Å². The van der Waals surface area contributed by atoms with Crippen molar-refractivity contribution >= 4 is 31.5 Å². The minimum absolute atomic E-state index is 0.000808. The topological polar surface area (TPSA) is 184 Å². The molecule has 17 heteroatoms. The Labute approximate surface area is 363 Å². The van der Waals surface area contributed by atoms with Gasteiger partial charge in [0.2, 0.25) is 11.9 Å². The predicted molar refractivity (Wildman–Crippen MR) is 235 cm³/mol. The molecule has 1 saturated heterocycles. The van der Waals surface area contributed by atoms with Gasteiger partial charge in [0.05, 0.1) is 46.3 Å². The average Bonchev–Trinajstić information content (AvgIpc) is 3.85. The summed E-state index contributed by atoms with van der Waals surface area (Å²) in [7, 11) is 2.99. The number of imidazole rings is 1. The minimum Gasteiger partial charge on any atom is -0.497 e. The highest BCUT2D eigenvalue weighted by molar-refractivity contribution is 7.44. The fourth-order valence-corrected chi connectivity index (χ4v) is 9.33. The lowest BCUT2D eigenvalue weighted by atomic mass is 9.80. The molecular weight excluding hydrogens is 814 g/mol. The number of benzene rings is 3. The number of nitrogens with zero attached hydrogens (tertiary/aromatic N) is 5. The van der Waals surface area contributed by atoms with E-state index in [4.69, 9.17) is 32.7 Å². The summed E-state index contributed by atoms with van der Waals surface area (Å²) in [6, 6.07) is 27.5. The van der Waals surface area contributed by atoms with Crippen molar-refractivity contribution in [3.05, 3.63) is 112 Å². The van der Waals surface area contributed by atoms with Crippen molar-refractivity contribution in [2.45, 2.75) is 90.2 Å². The zero-order valence-electron chi connectivity index (χ0n) is 36.6. The second-order valence-electron chi connectivity index (χ2n) is 15.6. The van der Waals surface area contributed by atoms with E-state index < -0.39 is 44.2 Å². The van der Waals surface area contributed by atoms with E-state index in [9.17, 15) is 14.9 Å². The summed E-state index contributed by atoms with van der Waals surface area (Å²) >= 11 is 0. The molecule has 0 radical (unpaired) electrons. The molecule has 5 aromatic rings. The standard InChI is InChI=1S/C45H56N7O9P/c1-28(2)41(53)49-44-48-40-37(42(54)50-44)47-27-51(40)43-39(57-9)38(61-62(59-25-13-24-46)52(29(3)4)30(5)6)36(60-43)26-58-45(31-14-11-10-12-15-31,32-16-20-34(55-7)21-17-32)33-18-22-35(56-8)23-19-33/h10-12,14-23,27-30,36,38-39,43H,13,25-26H2,1-9H3,(H2,48,49,50,53,54). The summed E-state index contributed by atoms with van der Waals surface area (Å²) in [6.45, 7) is 11.8. The number of fused-ring (bicyclic) bond motifs is 1. The lowest BCUT2D eigenvalue weighted by molar-refractivity contribution is -0.118. The number of ether oxygens (including phenoxy) is 5. The maximum atomic E-state index is 13.3. The number of amides is 1. The highest BCUT2D eigenvalue weighted by Gasteiger charge is 2.51.